The van der Waals surface area contributed by atoms with Crippen LogP contribution in [0.2, 0.25) is 0 Å². The Hall–Kier alpha value is -1.75. The zero-order valence-corrected chi connectivity index (χ0v) is 10.5. The van der Waals surface area contributed by atoms with E-state index in [1.807, 2.05) is 6.08 Å². The van der Waals surface area contributed by atoms with Crippen LogP contribution in [0, 0.1) is 0 Å². The maximum Gasteiger partial charge on any atom is 0.261 e. The highest BCUT2D eigenvalue weighted by Crippen LogP contribution is 2.29. The molecule has 1 aromatic carbocycles. The highest BCUT2D eigenvalue weighted by Gasteiger charge is 2.25. The average Bonchev–Trinajstić information content (AvgIpc) is 2.13. The van der Waals surface area contributed by atoms with Gasteiger partial charge in [0.1, 0.15) is 0 Å². The molecule has 1 aliphatic rings. The van der Waals surface area contributed by atoms with Gasteiger partial charge in [0, 0.05) is 11.4 Å². The van der Waals surface area contributed by atoms with Gasteiger partial charge in [-0.2, -0.15) is 0 Å². The third kappa shape index (κ3) is 2.19. The van der Waals surface area contributed by atoms with E-state index in [0.717, 1.165) is 5.57 Å². The smallest absolute Gasteiger partial charge is 0.261 e. The van der Waals surface area contributed by atoms with Crippen LogP contribution in [0.3, 0.4) is 0 Å². The summed E-state index contributed by atoms with van der Waals surface area (Å²) in [5, 5.41) is 1.25. The molecular formula is C12H14N2O2S. The van der Waals surface area contributed by atoms with Crippen LogP contribution in [0.4, 0.5) is 11.4 Å². The largest absolute Gasteiger partial charge is 0.399 e. The lowest BCUT2D eigenvalue weighted by atomic mass is 10.2. The zero-order chi connectivity index (χ0) is 12.6. The Morgan fingerprint density at radius 1 is 1.24 bits per heavy atom. The minimum Gasteiger partial charge on any atom is -0.399 e. The normalized spacial score (nSPS) is 18.6. The lowest BCUT2D eigenvalue weighted by Gasteiger charge is -2.26. The van der Waals surface area contributed by atoms with Crippen molar-refractivity contribution in [2.24, 2.45) is 0 Å². The quantitative estimate of drug-likeness (QED) is 0.777. The molecule has 0 saturated carbocycles. The van der Waals surface area contributed by atoms with Crippen LogP contribution >= 0.6 is 0 Å². The standard InChI is InChI=1S/C12H14N2O2S/c1-9-6-10(2)14(17(15,16)8-9)12-5-3-4-11(13)7-12/h3-8H,13H2,1-2H3. The fraction of sp³-hybridized carbons (Fsp3) is 0.167. The summed E-state index contributed by atoms with van der Waals surface area (Å²) < 4.78 is 25.5. The number of sulfonamides is 1. The molecule has 0 amide bonds. The molecule has 5 heteroatoms. The number of hydrogen-bond acceptors (Lipinski definition) is 3. The third-order valence-corrected chi connectivity index (χ3v) is 4.13. The van der Waals surface area contributed by atoms with E-state index < -0.39 is 10.0 Å². The lowest BCUT2D eigenvalue weighted by Crippen LogP contribution is -2.29. The van der Waals surface area contributed by atoms with Gasteiger partial charge < -0.3 is 5.73 Å². The van der Waals surface area contributed by atoms with Crippen molar-refractivity contribution in [1.82, 2.24) is 0 Å². The van der Waals surface area contributed by atoms with Gasteiger partial charge in [-0.25, -0.2) is 12.7 Å². The van der Waals surface area contributed by atoms with Crippen molar-refractivity contribution in [3.8, 4) is 0 Å². The van der Waals surface area contributed by atoms with Crippen molar-refractivity contribution < 1.29 is 8.42 Å². The maximum absolute atomic E-state index is 12.1. The summed E-state index contributed by atoms with van der Waals surface area (Å²) in [5.41, 5.74) is 8.15. The average molecular weight is 250 g/mol. The van der Waals surface area contributed by atoms with Gasteiger partial charge >= 0.3 is 0 Å². The first-order valence-electron chi connectivity index (χ1n) is 5.17. The van der Waals surface area contributed by atoms with Crippen LogP contribution in [0.5, 0.6) is 0 Å². The molecule has 0 atom stereocenters. The molecule has 4 nitrogen and oxygen atoms in total. The molecule has 17 heavy (non-hydrogen) atoms. The Morgan fingerprint density at radius 3 is 2.53 bits per heavy atom. The van der Waals surface area contributed by atoms with Crippen LogP contribution in [0.15, 0.2) is 47.0 Å². The van der Waals surface area contributed by atoms with Crippen LogP contribution in [-0.2, 0) is 10.0 Å². The van der Waals surface area contributed by atoms with E-state index in [0.29, 0.717) is 17.1 Å². The molecule has 1 aromatic rings. The van der Waals surface area contributed by atoms with E-state index in [1.54, 1.807) is 38.1 Å². The molecule has 0 unspecified atom stereocenters. The predicted molar refractivity (Wildman–Crippen MR) is 69.8 cm³/mol. The van der Waals surface area contributed by atoms with E-state index >= 15 is 0 Å². The number of nitrogens with zero attached hydrogens (tertiary/aromatic N) is 1. The Morgan fingerprint density at radius 2 is 1.94 bits per heavy atom. The number of nitrogens with two attached hydrogens (primary N) is 1. The van der Waals surface area contributed by atoms with Gasteiger partial charge in [0.25, 0.3) is 10.0 Å². The molecule has 0 aromatic heterocycles. The number of allylic oxidation sites excluding steroid dienone is 3. The Bertz CT molecular complexity index is 615. The van der Waals surface area contributed by atoms with Crippen molar-refractivity contribution in [1.29, 1.82) is 0 Å². The van der Waals surface area contributed by atoms with E-state index in [2.05, 4.69) is 0 Å². The molecule has 1 heterocycles. The molecule has 2 N–H and O–H groups in total. The second-order valence-electron chi connectivity index (χ2n) is 4.05. The molecule has 0 fully saturated rings. The van der Waals surface area contributed by atoms with Gasteiger partial charge in [-0.1, -0.05) is 6.07 Å². The number of benzene rings is 1. The number of nitrogen functional groups attached to an aromatic ring is 1. The molecular weight excluding hydrogens is 236 g/mol. The van der Waals surface area contributed by atoms with Crippen molar-refractivity contribution in [3.05, 3.63) is 47.0 Å². The van der Waals surface area contributed by atoms with E-state index in [1.165, 1.54) is 9.71 Å². The summed E-state index contributed by atoms with van der Waals surface area (Å²) in [4.78, 5) is 0. The van der Waals surface area contributed by atoms with Crippen LogP contribution in [0.25, 0.3) is 0 Å². The predicted octanol–water partition coefficient (Wildman–Crippen LogP) is 2.23. The van der Waals surface area contributed by atoms with Crippen LogP contribution < -0.4 is 10.0 Å². The fourth-order valence-electron chi connectivity index (χ4n) is 1.91. The summed E-state index contributed by atoms with van der Waals surface area (Å²) in [7, 11) is -3.44. The summed E-state index contributed by atoms with van der Waals surface area (Å²) in [5.74, 6) is 0. The number of hydrogen-bond donors (Lipinski definition) is 1. The third-order valence-electron chi connectivity index (χ3n) is 2.45. The Balaban J connectivity index is 2.57. The summed E-state index contributed by atoms with van der Waals surface area (Å²) in [6.07, 6.45) is 1.82. The highest BCUT2D eigenvalue weighted by molar-refractivity contribution is 7.95. The van der Waals surface area contributed by atoms with E-state index in [-0.39, 0.29) is 0 Å². The van der Waals surface area contributed by atoms with Gasteiger partial charge in [-0.3, -0.25) is 0 Å². The van der Waals surface area contributed by atoms with Gasteiger partial charge in [-0.15, -0.1) is 0 Å². The minimum absolute atomic E-state index is 0.539. The van der Waals surface area contributed by atoms with E-state index in [4.69, 9.17) is 5.73 Å². The van der Waals surface area contributed by atoms with Crippen molar-refractivity contribution >= 4 is 21.4 Å². The first kappa shape index (κ1) is 11.7. The van der Waals surface area contributed by atoms with E-state index in [9.17, 15) is 8.42 Å². The summed E-state index contributed by atoms with van der Waals surface area (Å²) in [6, 6.07) is 6.82. The summed E-state index contributed by atoms with van der Waals surface area (Å²) in [6.45, 7) is 3.52. The molecule has 0 radical (unpaired) electrons. The maximum atomic E-state index is 12.1. The SMILES string of the molecule is CC1=CS(=O)(=O)N(c2cccc(N)c2)C(C)=C1. The second kappa shape index (κ2) is 3.92. The van der Waals surface area contributed by atoms with Crippen molar-refractivity contribution in [2.45, 2.75) is 13.8 Å². The van der Waals surface area contributed by atoms with Gasteiger partial charge in [0.15, 0.2) is 0 Å². The van der Waals surface area contributed by atoms with Gasteiger partial charge in [-0.05, 0) is 43.7 Å². The lowest BCUT2D eigenvalue weighted by molar-refractivity contribution is 0.602. The molecule has 0 bridgehead atoms. The molecule has 90 valence electrons. The zero-order valence-electron chi connectivity index (χ0n) is 9.71. The molecule has 2 rings (SSSR count). The number of rotatable bonds is 1. The first-order valence-corrected chi connectivity index (χ1v) is 6.68. The fourth-order valence-corrected chi connectivity index (χ4v) is 3.42. The topological polar surface area (TPSA) is 63.4 Å². The van der Waals surface area contributed by atoms with Crippen LogP contribution in [0.1, 0.15) is 13.8 Å². The molecule has 0 saturated heterocycles. The second-order valence-corrected chi connectivity index (χ2v) is 5.68. The molecule has 0 aliphatic carbocycles. The highest BCUT2D eigenvalue weighted by atomic mass is 32.2. The molecule has 0 spiro atoms. The Labute approximate surface area is 101 Å². The number of anilines is 2. The van der Waals surface area contributed by atoms with Crippen LogP contribution in [-0.4, -0.2) is 8.42 Å². The first-order chi connectivity index (χ1) is 7.90. The minimum atomic E-state index is -3.44. The monoisotopic (exact) mass is 250 g/mol. The van der Waals surface area contributed by atoms with Crippen molar-refractivity contribution in [3.63, 3.8) is 0 Å². The van der Waals surface area contributed by atoms with Gasteiger partial charge in [0.05, 0.1) is 11.1 Å². The van der Waals surface area contributed by atoms with Crippen molar-refractivity contribution in [2.75, 3.05) is 10.0 Å². The van der Waals surface area contributed by atoms with Gasteiger partial charge in [0.2, 0.25) is 0 Å². The Kier molecular flexibility index (Phi) is 2.71. The molecule has 1 aliphatic heterocycles. The summed E-state index contributed by atoms with van der Waals surface area (Å²) >= 11 is 0.